The number of hydrogen-bond donors (Lipinski definition) is 0. The van der Waals surface area contributed by atoms with E-state index >= 15 is 0 Å². The maximum atomic E-state index is 13.0. The Balaban J connectivity index is 1.37. The van der Waals surface area contributed by atoms with Crippen molar-refractivity contribution in [2.45, 2.75) is 45.3 Å². The van der Waals surface area contributed by atoms with Gasteiger partial charge in [-0.15, -0.1) is 5.10 Å². The minimum atomic E-state index is -0.166. The van der Waals surface area contributed by atoms with Gasteiger partial charge in [-0.25, -0.2) is 4.68 Å². The zero-order valence-electron chi connectivity index (χ0n) is 18.7. The van der Waals surface area contributed by atoms with E-state index in [0.717, 1.165) is 62.7 Å². The number of amides is 1. The summed E-state index contributed by atoms with van der Waals surface area (Å²) in [5, 5.41) is 8.62. The number of hydrogen-bond acceptors (Lipinski definition) is 6. The molecule has 0 bridgehead atoms. The van der Waals surface area contributed by atoms with E-state index in [0.29, 0.717) is 18.3 Å². The molecule has 1 saturated heterocycles. The third-order valence-corrected chi connectivity index (χ3v) is 6.62. The normalized spacial score (nSPS) is 17.3. The van der Waals surface area contributed by atoms with E-state index in [-0.39, 0.29) is 5.91 Å². The molecule has 1 amide bonds. The van der Waals surface area contributed by atoms with Crippen LogP contribution in [0.2, 0.25) is 0 Å². The second-order valence-electron chi connectivity index (χ2n) is 8.65. The van der Waals surface area contributed by atoms with E-state index in [4.69, 9.17) is 9.15 Å². The second kappa shape index (κ2) is 8.88. The van der Waals surface area contributed by atoms with Gasteiger partial charge in [0.05, 0.1) is 24.2 Å². The number of carbonyl (C=O) groups is 1. The molecule has 8 nitrogen and oxygen atoms in total. The molecule has 1 fully saturated rings. The molecule has 0 saturated carbocycles. The van der Waals surface area contributed by atoms with Gasteiger partial charge in [-0.2, -0.15) is 0 Å². The Bertz CT molecular complexity index is 1090. The molecule has 0 unspecified atom stereocenters. The maximum absolute atomic E-state index is 13.0. The predicted molar refractivity (Wildman–Crippen MR) is 119 cm³/mol. The smallest absolute Gasteiger partial charge is 0.276 e. The summed E-state index contributed by atoms with van der Waals surface area (Å²) in [6, 6.07) is 10.6. The summed E-state index contributed by atoms with van der Waals surface area (Å²) in [6.07, 6.45) is 4.78. The molecule has 32 heavy (non-hydrogen) atoms. The van der Waals surface area contributed by atoms with Crippen LogP contribution in [0.25, 0.3) is 5.69 Å². The molecule has 2 aromatic heterocycles. The van der Waals surface area contributed by atoms with Gasteiger partial charge < -0.3 is 14.1 Å². The molecular weight excluding hydrogens is 406 g/mol. The van der Waals surface area contributed by atoms with Crippen molar-refractivity contribution in [3.63, 3.8) is 0 Å². The minimum absolute atomic E-state index is 0.166. The molecule has 8 heteroatoms. The summed E-state index contributed by atoms with van der Waals surface area (Å²) in [5.74, 6) is 0.567. The van der Waals surface area contributed by atoms with Crippen LogP contribution in [0.3, 0.4) is 0 Å². The first kappa shape index (κ1) is 20.9. The molecule has 4 heterocycles. The van der Waals surface area contributed by atoms with Crippen LogP contribution < -0.4 is 0 Å². The number of rotatable bonds is 5. The lowest BCUT2D eigenvalue weighted by molar-refractivity contribution is 0.0290. The average molecular weight is 436 g/mol. The number of carbonyl (C=O) groups excluding carboxylic acids is 1. The van der Waals surface area contributed by atoms with E-state index < -0.39 is 0 Å². The van der Waals surface area contributed by atoms with E-state index in [2.05, 4.69) is 33.4 Å². The lowest BCUT2D eigenvalue weighted by atomic mass is 9.95. The van der Waals surface area contributed by atoms with Gasteiger partial charge in [-0.1, -0.05) is 17.3 Å². The number of fused-ring (bicyclic) bond motifs is 1. The van der Waals surface area contributed by atoms with Gasteiger partial charge in [0, 0.05) is 39.4 Å². The summed E-state index contributed by atoms with van der Waals surface area (Å²) in [7, 11) is 1.75. The quantitative estimate of drug-likeness (QED) is 0.613. The lowest BCUT2D eigenvalue weighted by Gasteiger charge is -2.38. The van der Waals surface area contributed by atoms with E-state index in [1.54, 1.807) is 18.2 Å². The first-order valence-corrected chi connectivity index (χ1v) is 11.2. The van der Waals surface area contributed by atoms with Gasteiger partial charge in [-0.3, -0.25) is 9.69 Å². The third-order valence-electron chi connectivity index (χ3n) is 6.62. The van der Waals surface area contributed by atoms with Gasteiger partial charge in [0.15, 0.2) is 5.69 Å². The average Bonchev–Trinajstić information content (AvgIpc) is 3.48. The van der Waals surface area contributed by atoms with Crippen molar-refractivity contribution < 1.29 is 13.9 Å². The number of furan rings is 1. The van der Waals surface area contributed by atoms with Crippen molar-refractivity contribution in [1.82, 2.24) is 24.8 Å². The number of ether oxygens (including phenoxy) is 1. The zero-order valence-corrected chi connectivity index (χ0v) is 18.7. The van der Waals surface area contributed by atoms with Crippen LogP contribution in [0.4, 0.5) is 0 Å². The van der Waals surface area contributed by atoms with Crippen LogP contribution >= 0.6 is 0 Å². The predicted octanol–water partition coefficient (Wildman–Crippen LogP) is 2.98. The Hall–Kier alpha value is -2.97. The Morgan fingerprint density at radius 2 is 2.06 bits per heavy atom. The molecule has 0 radical (unpaired) electrons. The first-order valence-electron chi connectivity index (χ1n) is 11.2. The Morgan fingerprint density at radius 1 is 1.22 bits per heavy atom. The Kier molecular flexibility index (Phi) is 5.80. The lowest BCUT2D eigenvalue weighted by Crippen LogP contribution is -2.42. The summed E-state index contributed by atoms with van der Waals surface area (Å²) < 4.78 is 12.7. The Morgan fingerprint density at radius 3 is 2.84 bits per heavy atom. The standard InChI is InChI=1S/C24H29N5O3/c1-17-23(24(30)27(2)16-20-6-4-12-32-20)25-26-29(17)22-7-3-5-18-15-28(11-8-21(18)22)19-9-13-31-14-10-19/h3-7,12,19H,8-11,13-16H2,1-2H3. The Labute approximate surface area is 187 Å². The van der Waals surface area contributed by atoms with Gasteiger partial charge >= 0.3 is 0 Å². The molecule has 3 aromatic rings. The molecule has 5 rings (SSSR count). The number of aromatic nitrogens is 3. The van der Waals surface area contributed by atoms with Crippen LogP contribution in [0.1, 0.15) is 45.9 Å². The molecule has 168 valence electrons. The fraction of sp³-hybridized carbons (Fsp3) is 0.458. The van der Waals surface area contributed by atoms with Crippen molar-refractivity contribution in [3.05, 3.63) is 64.9 Å². The SMILES string of the molecule is Cc1c(C(=O)N(C)Cc2ccco2)nnn1-c1cccc2c1CCN(C1CCOCC1)C2. The number of nitrogens with zero attached hydrogens (tertiary/aromatic N) is 5. The van der Waals surface area contributed by atoms with Crippen molar-refractivity contribution >= 4 is 5.91 Å². The molecule has 0 aliphatic carbocycles. The molecule has 0 atom stereocenters. The summed E-state index contributed by atoms with van der Waals surface area (Å²) in [6.45, 7) is 5.99. The fourth-order valence-corrected chi connectivity index (χ4v) is 4.82. The topological polar surface area (TPSA) is 76.6 Å². The molecule has 2 aliphatic rings. The van der Waals surface area contributed by atoms with Crippen LogP contribution in [0, 0.1) is 6.92 Å². The fourth-order valence-electron chi connectivity index (χ4n) is 4.82. The summed E-state index contributed by atoms with van der Waals surface area (Å²) in [4.78, 5) is 17.2. The number of benzene rings is 1. The zero-order chi connectivity index (χ0) is 22.1. The van der Waals surface area contributed by atoms with Crippen LogP contribution in [0.15, 0.2) is 41.0 Å². The molecule has 1 aromatic carbocycles. The van der Waals surface area contributed by atoms with Gasteiger partial charge in [0.2, 0.25) is 0 Å². The van der Waals surface area contributed by atoms with Crippen molar-refractivity contribution in [3.8, 4) is 5.69 Å². The highest BCUT2D eigenvalue weighted by atomic mass is 16.5. The van der Waals surface area contributed by atoms with Crippen LogP contribution in [0.5, 0.6) is 0 Å². The monoisotopic (exact) mass is 435 g/mol. The highest BCUT2D eigenvalue weighted by molar-refractivity contribution is 5.93. The van der Waals surface area contributed by atoms with E-state index in [1.165, 1.54) is 11.1 Å². The van der Waals surface area contributed by atoms with Crippen LogP contribution in [-0.2, 0) is 24.2 Å². The van der Waals surface area contributed by atoms with E-state index in [9.17, 15) is 4.79 Å². The van der Waals surface area contributed by atoms with E-state index in [1.807, 2.05) is 23.7 Å². The third kappa shape index (κ3) is 3.96. The van der Waals surface area contributed by atoms with Crippen molar-refractivity contribution in [1.29, 1.82) is 0 Å². The van der Waals surface area contributed by atoms with Gasteiger partial charge in [-0.05, 0) is 55.5 Å². The van der Waals surface area contributed by atoms with Crippen molar-refractivity contribution in [2.24, 2.45) is 0 Å². The first-order chi connectivity index (χ1) is 15.6. The minimum Gasteiger partial charge on any atom is -0.467 e. The molecular formula is C24H29N5O3. The van der Waals surface area contributed by atoms with Crippen molar-refractivity contribution in [2.75, 3.05) is 26.8 Å². The van der Waals surface area contributed by atoms with Gasteiger partial charge in [0.25, 0.3) is 5.91 Å². The summed E-state index contributed by atoms with van der Waals surface area (Å²) in [5.41, 5.74) is 4.77. The van der Waals surface area contributed by atoms with Crippen LogP contribution in [-0.4, -0.2) is 63.5 Å². The molecule has 0 spiro atoms. The maximum Gasteiger partial charge on any atom is 0.276 e. The largest absolute Gasteiger partial charge is 0.467 e. The highest BCUT2D eigenvalue weighted by Crippen LogP contribution is 2.29. The molecule has 2 aliphatic heterocycles. The summed E-state index contributed by atoms with van der Waals surface area (Å²) >= 11 is 0. The second-order valence-corrected chi connectivity index (χ2v) is 8.65. The van der Waals surface area contributed by atoms with Gasteiger partial charge in [0.1, 0.15) is 5.76 Å². The molecule has 0 N–H and O–H groups in total. The highest BCUT2D eigenvalue weighted by Gasteiger charge is 2.28.